The molecule has 0 aliphatic carbocycles. The fourth-order valence-electron chi connectivity index (χ4n) is 3.52. The second-order valence-corrected chi connectivity index (χ2v) is 7.71. The van der Waals surface area contributed by atoms with Crippen LogP contribution in [0.3, 0.4) is 0 Å². The molecule has 0 saturated heterocycles. The molecule has 1 aliphatic heterocycles. The van der Waals surface area contributed by atoms with Crippen molar-refractivity contribution < 1.29 is 18.8 Å². The lowest BCUT2D eigenvalue weighted by atomic mass is 10.2. The lowest BCUT2D eigenvalue weighted by Crippen LogP contribution is -2.42. The topological polar surface area (TPSA) is 130 Å². The number of fused-ring (bicyclic) bond motifs is 2. The maximum absolute atomic E-state index is 13.3. The molecule has 4 aromatic rings. The average molecular weight is 470 g/mol. The van der Waals surface area contributed by atoms with Crippen LogP contribution in [0, 0.1) is 6.92 Å². The summed E-state index contributed by atoms with van der Waals surface area (Å²) in [5, 5.41) is 7.09. The highest BCUT2D eigenvalue weighted by Crippen LogP contribution is 2.34. The molecule has 1 aliphatic rings. The molecule has 3 heterocycles. The van der Waals surface area contributed by atoms with Gasteiger partial charge in [-0.05, 0) is 37.3 Å². The number of ether oxygens (including phenoxy) is 2. The zero-order valence-electron chi connectivity index (χ0n) is 17.2. The number of rotatable bonds is 5. The number of aromatic nitrogens is 4. The minimum atomic E-state index is -0.714. The lowest BCUT2D eigenvalue weighted by Gasteiger charge is -2.14. The van der Waals surface area contributed by atoms with Crippen LogP contribution in [0.1, 0.15) is 11.7 Å². The van der Waals surface area contributed by atoms with Crippen LogP contribution in [-0.2, 0) is 17.9 Å². The van der Waals surface area contributed by atoms with Gasteiger partial charge in [-0.25, -0.2) is 4.79 Å². The van der Waals surface area contributed by atoms with Crippen molar-refractivity contribution in [1.82, 2.24) is 19.3 Å². The van der Waals surface area contributed by atoms with Gasteiger partial charge in [0.25, 0.3) is 5.56 Å². The normalized spacial score (nSPS) is 12.3. The van der Waals surface area contributed by atoms with E-state index in [0.29, 0.717) is 28.0 Å². The molecule has 0 fully saturated rings. The molecular formula is C21H16ClN5O6. The molecule has 0 radical (unpaired) electrons. The standard InChI is InChI=1S/C21H16ClN5O6/c1-11-23-19(33-25-11)9-27-20(29)14-6-16-17(32-10-31-16)7-15(14)26(21(27)30)8-18(28)24-13-4-2-12(22)3-5-13/h2-7H,8-10H2,1H3,(H,24,28). The minimum Gasteiger partial charge on any atom is -0.454 e. The van der Waals surface area contributed by atoms with Crippen molar-refractivity contribution in [3.05, 3.63) is 74.0 Å². The highest BCUT2D eigenvalue weighted by atomic mass is 35.5. The van der Waals surface area contributed by atoms with E-state index in [-0.39, 0.29) is 36.7 Å². The highest BCUT2D eigenvalue weighted by Gasteiger charge is 2.22. The van der Waals surface area contributed by atoms with Gasteiger partial charge in [0.05, 0.1) is 10.9 Å². The minimum absolute atomic E-state index is 0.0115. The summed E-state index contributed by atoms with van der Waals surface area (Å²) in [6, 6.07) is 9.54. The summed E-state index contributed by atoms with van der Waals surface area (Å²) in [7, 11) is 0. The van der Waals surface area contributed by atoms with E-state index in [1.807, 2.05) is 0 Å². The summed E-state index contributed by atoms with van der Waals surface area (Å²) in [6.45, 7) is 1.00. The van der Waals surface area contributed by atoms with Crippen molar-refractivity contribution in [3.63, 3.8) is 0 Å². The van der Waals surface area contributed by atoms with Gasteiger partial charge >= 0.3 is 5.69 Å². The third-order valence-electron chi connectivity index (χ3n) is 5.01. The Bertz CT molecular complexity index is 1500. The number of hydrogen-bond donors (Lipinski definition) is 1. The van der Waals surface area contributed by atoms with Gasteiger partial charge in [0.1, 0.15) is 13.1 Å². The first kappa shape index (κ1) is 20.8. The number of nitrogens with one attached hydrogen (secondary N) is 1. The number of hydrogen-bond acceptors (Lipinski definition) is 8. The SMILES string of the molecule is Cc1noc(Cn2c(=O)c3cc4c(cc3n(CC(=O)Nc3ccc(Cl)cc3)c2=O)OCO4)n1. The molecule has 1 amide bonds. The average Bonchev–Trinajstić information content (AvgIpc) is 3.43. The molecule has 0 saturated carbocycles. The first-order valence-electron chi connectivity index (χ1n) is 9.80. The van der Waals surface area contributed by atoms with E-state index in [1.54, 1.807) is 31.2 Å². The van der Waals surface area contributed by atoms with E-state index in [0.717, 1.165) is 4.57 Å². The molecule has 2 aromatic carbocycles. The van der Waals surface area contributed by atoms with Crippen LogP contribution in [0.25, 0.3) is 10.9 Å². The molecule has 168 valence electrons. The summed E-state index contributed by atoms with van der Waals surface area (Å²) in [6.07, 6.45) is 0. The monoisotopic (exact) mass is 469 g/mol. The van der Waals surface area contributed by atoms with Gasteiger partial charge < -0.3 is 19.3 Å². The molecule has 11 nitrogen and oxygen atoms in total. The van der Waals surface area contributed by atoms with E-state index in [4.69, 9.17) is 25.6 Å². The zero-order valence-corrected chi connectivity index (χ0v) is 18.0. The molecule has 0 atom stereocenters. The summed E-state index contributed by atoms with van der Waals surface area (Å²) in [5.74, 6) is 0.722. The van der Waals surface area contributed by atoms with Crippen LogP contribution < -0.4 is 26.0 Å². The predicted molar refractivity (Wildman–Crippen MR) is 117 cm³/mol. The van der Waals surface area contributed by atoms with Gasteiger partial charge in [-0.3, -0.25) is 18.7 Å². The summed E-state index contributed by atoms with van der Waals surface area (Å²) < 4.78 is 18.0. The van der Waals surface area contributed by atoms with Crippen LogP contribution in [-0.4, -0.2) is 32.0 Å². The largest absolute Gasteiger partial charge is 0.454 e. The lowest BCUT2D eigenvalue weighted by molar-refractivity contribution is -0.116. The Kier molecular flexibility index (Phi) is 5.09. The Morgan fingerprint density at radius 2 is 1.85 bits per heavy atom. The number of aryl methyl sites for hydroxylation is 1. The van der Waals surface area contributed by atoms with Crippen LogP contribution in [0.15, 0.2) is 50.5 Å². The maximum atomic E-state index is 13.3. The Morgan fingerprint density at radius 1 is 1.12 bits per heavy atom. The highest BCUT2D eigenvalue weighted by molar-refractivity contribution is 6.30. The van der Waals surface area contributed by atoms with Gasteiger partial charge in [-0.2, -0.15) is 4.98 Å². The fourth-order valence-corrected chi connectivity index (χ4v) is 3.64. The third-order valence-corrected chi connectivity index (χ3v) is 5.26. The molecule has 2 aromatic heterocycles. The number of carbonyl (C=O) groups is 1. The van der Waals surface area contributed by atoms with E-state index in [9.17, 15) is 14.4 Å². The Morgan fingerprint density at radius 3 is 2.55 bits per heavy atom. The quantitative estimate of drug-likeness (QED) is 0.469. The number of anilines is 1. The Balaban J connectivity index is 1.60. The number of halogens is 1. The number of amides is 1. The van der Waals surface area contributed by atoms with Gasteiger partial charge in [-0.15, -0.1) is 0 Å². The maximum Gasteiger partial charge on any atom is 0.332 e. The van der Waals surface area contributed by atoms with Crippen LogP contribution in [0.5, 0.6) is 11.5 Å². The molecule has 0 unspecified atom stereocenters. The first-order valence-corrected chi connectivity index (χ1v) is 10.2. The Hall–Kier alpha value is -4.12. The van der Waals surface area contributed by atoms with Gasteiger partial charge in [0, 0.05) is 16.8 Å². The summed E-state index contributed by atoms with van der Waals surface area (Å²) in [4.78, 5) is 43.3. The van der Waals surface area contributed by atoms with Crippen molar-refractivity contribution in [2.24, 2.45) is 0 Å². The summed E-state index contributed by atoms with van der Waals surface area (Å²) in [5.41, 5.74) is -0.556. The van der Waals surface area contributed by atoms with Crippen molar-refractivity contribution >= 4 is 34.1 Å². The molecule has 5 rings (SSSR count). The summed E-state index contributed by atoms with van der Waals surface area (Å²) >= 11 is 5.88. The molecule has 0 spiro atoms. The van der Waals surface area contributed by atoms with Gasteiger partial charge in [0.15, 0.2) is 17.3 Å². The smallest absolute Gasteiger partial charge is 0.332 e. The first-order chi connectivity index (χ1) is 15.9. The number of nitrogens with zero attached hydrogens (tertiary/aromatic N) is 4. The molecule has 1 N–H and O–H groups in total. The van der Waals surface area contributed by atoms with Crippen molar-refractivity contribution in [3.8, 4) is 11.5 Å². The fraction of sp³-hybridized carbons (Fsp3) is 0.190. The van der Waals surface area contributed by atoms with E-state index >= 15 is 0 Å². The van der Waals surface area contributed by atoms with E-state index < -0.39 is 17.2 Å². The molecule has 0 bridgehead atoms. The Labute approximate surface area is 190 Å². The van der Waals surface area contributed by atoms with Crippen molar-refractivity contribution in [2.45, 2.75) is 20.0 Å². The molecular weight excluding hydrogens is 454 g/mol. The van der Waals surface area contributed by atoms with Gasteiger partial charge in [-0.1, -0.05) is 16.8 Å². The van der Waals surface area contributed by atoms with Crippen LogP contribution in [0.2, 0.25) is 5.02 Å². The van der Waals surface area contributed by atoms with Crippen LogP contribution >= 0.6 is 11.6 Å². The number of carbonyl (C=O) groups excluding carboxylic acids is 1. The van der Waals surface area contributed by atoms with Crippen molar-refractivity contribution in [1.29, 1.82) is 0 Å². The zero-order chi connectivity index (χ0) is 23.1. The number of benzene rings is 2. The van der Waals surface area contributed by atoms with Gasteiger partial charge in [0.2, 0.25) is 18.6 Å². The third kappa shape index (κ3) is 3.94. The second kappa shape index (κ2) is 8.10. The van der Waals surface area contributed by atoms with E-state index in [2.05, 4.69) is 15.5 Å². The van der Waals surface area contributed by atoms with Crippen LogP contribution in [0.4, 0.5) is 5.69 Å². The predicted octanol–water partition coefficient (Wildman–Crippen LogP) is 1.92. The molecule has 33 heavy (non-hydrogen) atoms. The van der Waals surface area contributed by atoms with E-state index in [1.165, 1.54) is 16.7 Å². The molecule has 12 heteroatoms. The van der Waals surface area contributed by atoms with Crippen molar-refractivity contribution in [2.75, 3.05) is 12.1 Å². The second-order valence-electron chi connectivity index (χ2n) is 7.27.